The SMILES string of the molecule is C[C@H]1C[C@H](C)CN(CC(=O)Nc2ccc(C(F)(F)F)cc2)C1. The fraction of sp³-hybridized carbons (Fsp3) is 0.562. The van der Waals surface area contributed by atoms with Crippen LogP contribution in [0.3, 0.4) is 0 Å². The van der Waals surface area contributed by atoms with Crippen LogP contribution in [-0.4, -0.2) is 30.4 Å². The lowest BCUT2D eigenvalue weighted by atomic mass is 9.92. The first-order valence-electron chi connectivity index (χ1n) is 7.43. The third kappa shape index (κ3) is 4.73. The predicted octanol–water partition coefficient (Wildman–Crippen LogP) is 3.62. The molecular formula is C16H21F3N2O. The number of anilines is 1. The van der Waals surface area contributed by atoms with Crippen LogP contribution < -0.4 is 5.32 Å². The van der Waals surface area contributed by atoms with Gasteiger partial charge in [0.25, 0.3) is 0 Å². The molecule has 1 aromatic carbocycles. The highest BCUT2D eigenvalue weighted by molar-refractivity contribution is 5.92. The van der Waals surface area contributed by atoms with Crippen molar-refractivity contribution in [1.82, 2.24) is 4.90 Å². The van der Waals surface area contributed by atoms with Crippen molar-refractivity contribution in [3.05, 3.63) is 29.8 Å². The lowest BCUT2D eigenvalue weighted by Crippen LogP contribution is -2.42. The van der Waals surface area contributed by atoms with E-state index in [1.54, 1.807) is 0 Å². The number of likely N-dealkylation sites (tertiary alicyclic amines) is 1. The summed E-state index contributed by atoms with van der Waals surface area (Å²) in [5.74, 6) is 0.922. The Morgan fingerprint density at radius 3 is 2.23 bits per heavy atom. The van der Waals surface area contributed by atoms with Crippen LogP contribution in [-0.2, 0) is 11.0 Å². The number of benzene rings is 1. The Kier molecular flexibility index (Phi) is 5.11. The summed E-state index contributed by atoms with van der Waals surface area (Å²) in [5, 5.41) is 2.65. The number of hydrogen-bond acceptors (Lipinski definition) is 2. The van der Waals surface area contributed by atoms with Gasteiger partial charge in [-0.2, -0.15) is 13.2 Å². The minimum absolute atomic E-state index is 0.193. The smallest absolute Gasteiger partial charge is 0.325 e. The van der Waals surface area contributed by atoms with Crippen LogP contribution in [0.25, 0.3) is 0 Å². The quantitative estimate of drug-likeness (QED) is 0.924. The molecule has 1 heterocycles. The third-order valence-corrected chi connectivity index (χ3v) is 3.81. The number of rotatable bonds is 3. The average Bonchev–Trinajstić information content (AvgIpc) is 2.36. The minimum Gasteiger partial charge on any atom is -0.325 e. The number of carbonyl (C=O) groups is 1. The Hall–Kier alpha value is -1.56. The van der Waals surface area contributed by atoms with Crippen molar-refractivity contribution >= 4 is 11.6 Å². The van der Waals surface area contributed by atoms with Crippen LogP contribution in [0.5, 0.6) is 0 Å². The second-order valence-corrected chi connectivity index (χ2v) is 6.26. The highest BCUT2D eigenvalue weighted by Gasteiger charge is 2.30. The number of hydrogen-bond donors (Lipinski definition) is 1. The van der Waals surface area contributed by atoms with Gasteiger partial charge in [0.05, 0.1) is 12.1 Å². The molecule has 1 fully saturated rings. The van der Waals surface area contributed by atoms with E-state index in [0.717, 1.165) is 31.6 Å². The fourth-order valence-electron chi connectivity index (χ4n) is 3.07. The zero-order valence-electron chi connectivity index (χ0n) is 12.8. The van der Waals surface area contributed by atoms with Gasteiger partial charge < -0.3 is 5.32 Å². The van der Waals surface area contributed by atoms with Gasteiger partial charge in [-0.15, -0.1) is 0 Å². The second-order valence-electron chi connectivity index (χ2n) is 6.26. The van der Waals surface area contributed by atoms with E-state index in [0.29, 0.717) is 17.5 Å². The van der Waals surface area contributed by atoms with E-state index in [2.05, 4.69) is 24.1 Å². The highest BCUT2D eigenvalue weighted by atomic mass is 19.4. The molecule has 1 N–H and O–H groups in total. The van der Waals surface area contributed by atoms with Crippen molar-refractivity contribution in [2.45, 2.75) is 26.4 Å². The van der Waals surface area contributed by atoms with Gasteiger partial charge in [-0.25, -0.2) is 0 Å². The molecule has 0 saturated carbocycles. The van der Waals surface area contributed by atoms with Crippen molar-refractivity contribution < 1.29 is 18.0 Å². The molecule has 0 aliphatic carbocycles. The van der Waals surface area contributed by atoms with Crippen LogP contribution in [0.2, 0.25) is 0 Å². The van der Waals surface area contributed by atoms with Gasteiger partial charge >= 0.3 is 6.18 Å². The first kappa shape index (κ1) is 16.8. The van der Waals surface area contributed by atoms with E-state index in [4.69, 9.17) is 0 Å². The lowest BCUT2D eigenvalue weighted by molar-refractivity contribution is -0.137. The lowest BCUT2D eigenvalue weighted by Gasteiger charge is -2.34. The Bertz CT molecular complexity index is 503. The third-order valence-electron chi connectivity index (χ3n) is 3.81. The largest absolute Gasteiger partial charge is 0.416 e. The summed E-state index contributed by atoms with van der Waals surface area (Å²) >= 11 is 0. The standard InChI is InChI=1S/C16H21F3N2O/c1-11-7-12(2)9-21(8-11)10-15(22)20-14-5-3-13(4-6-14)16(17,18)19/h3-6,11-12H,7-10H2,1-2H3,(H,20,22)/t11-,12-/m0/s1. The van der Waals surface area contributed by atoms with E-state index in [-0.39, 0.29) is 12.5 Å². The number of alkyl halides is 3. The molecule has 1 amide bonds. The van der Waals surface area contributed by atoms with Gasteiger partial charge in [0, 0.05) is 18.8 Å². The van der Waals surface area contributed by atoms with Crippen molar-refractivity contribution in [1.29, 1.82) is 0 Å². The summed E-state index contributed by atoms with van der Waals surface area (Å²) in [6.07, 6.45) is -3.19. The summed E-state index contributed by atoms with van der Waals surface area (Å²) in [7, 11) is 0. The van der Waals surface area contributed by atoms with Crippen LogP contribution in [0, 0.1) is 11.8 Å². The maximum atomic E-state index is 12.5. The minimum atomic E-state index is -4.36. The molecule has 6 heteroatoms. The van der Waals surface area contributed by atoms with Crippen LogP contribution >= 0.6 is 0 Å². The number of carbonyl (C=O) groups excluding carboxylic acids is 1. The van der Waals surface area contributed by atoms with E-state index in [1.807, 2.05) is 0 Å². The molecule has 0 spiro atoms. The van der Waals surface area contributed by atoms with Crippen LogP contribution in [0.4, 0.5) is 18.9 Å². The molecule has 22 heavy (non-hydrogen) atoms. The predicted molar refractivity (Wildman–Crippen MR) is 79.5 cm³/mol. The summed E-state index contributed by atoms with van der Waals surface area (Å²) in [6, 6.07) is 4.51. The summed E-state index contributed by atoms with van der Waals surface area (Å²) in [4.78, 5) is 14.1. The molecule has 2 rings (SSSR count). The van der Waals surface area contributed by atoms with Crippen molar-refractivity contribution in [2.75, 3.05) is 25.0 Å². The first-order chi connectivity index (χ1) is 10.2. The number of nitrogens with one attached hydrogen (secondary N) is 1. The number of piperidine rings is 1. The Labute approximate surface area is 128 Å². The maximum Gasteiger partial charge on any atom is 0.416 e. The summed E-state index contributed by atoms with van der Waals surface area (Å²) < 4.78 is 37.4. The van der Waals surface area contributed by atoms with Gasteiger partial charge in [-0.05, 0) is 42.5 Å². The van der Waals surface area contributed by atoms with Crippen LogP contribution in [0.15, 0.2) is 24.3 Å². The molecule has 1 saturated heterocycles. The number of halogens is 3. The van der Waals surface area contributed by atoms with Gasteiger partial charge in [0.15, 0.2) is 0 Å². The summed E-state index contributed by atoms with van der Waals surface area (Å²) in [5.41, 5.74) is -0.333. The van der Waals surface area contributed by atoms with Gasteiger partial charge in [-0.1, -0.05) is 13.8 Å². The average molecular weight is 314 g/mol. The van der Waals surface area contributed by atoms with E-state index < -0.39 is 11.7 Å². The van der Waals surface area contributed by atoms with Crippen LogP contribution in [0.1, 0.15) is 25.8 Å². The van der Waals surface area contributed by atoms with Gasteiger partial charge in [0.1, 0.15) is 0 Å². The summed E-state index contributed by atoms with van der Waals surface area (Å²) in [6.45, 7) is 6.36. The zero-order valence-corrected chi connectivity index (χ0v) is 12.8. The van der Waals surface area contributed by atoms with Crippen molar-refractivity contribution in [2.24, 2.45) is 11.8 Å². The molecule has 122 valence electrons. The maximum absolute atomic E-state index is 12.5. The topological polar surface area (TPSA) is 32.3 Å². The second kappa shape index (κ2) is 6.69. The first-order valence-corrected chi connectivity index (χ1v) is 7.43. The number of amides is 1. The molecule has 2 atom stereocenters. The molecule has 0 radical (unpaired) electrons. The highest BCUT2D eigenvalue weighted by Crippen LogP contribution is 2.29. The van der Waals surface area contributed by atoms with E-state index >= 15 is 0 Å². The Balaban J connectivity index is 1.89. The molecule has 0 aromatic heterocycles. The van der Waals surface area contributed by atoms with E-state index in [1.165, 1.54) is 12.1 Å². The Morgan fingerprint density at radius 1 is 1.18 bits per heavy atom. The van der Waals surface area contributed by atoms with Gasteiger partial charge in [0.2, 0.25) is 5.91 Å². The zero-order chi connectivity index (χ0) is 16.3. The fourth-order valence-corrected chi connectivity index (χ4v) is 3.07. The molecule has 1 aliphatic heterocycles. The molecule has 0 bridgehead atoms. The van der Waals surface area contributed by atoms with Crippen molar-refractivity contribution in [3.63, 3.8) is 0 Å². The number of nitrogens with zero attached hydrogens (tertiary/aromatic N) is 1. The Morgan fingerprint density at radius 2 is 1.73 bits per heavy atom. The monoisotopic (exact) mass is 314 g/mol. The molecule has 0 unspecified atom stereocenters. The normalized spacial score (nSPS) is 23.3. The van der Waals surface area contributed by atoms with E-state index in [9.17, 15) is 18.0 Å². The molecule has 3 nitrogen and oxygen atoms in total. The van der Waals surface area contributed by atoms with Crippen molar-refractivity contribution in [3.8, 4) is 0 Å². The molecule has 1 aromatic rings. The molecular weight excluding hydrogens is 293 g/mol. The van der Waals surface area contributed by atoms with Gasteiger partial charge in [-0.3, -0.25) is 9.69 Å². The molecule has 1 aliphatic rings.